The van der Waals surface area contributed by atoms with Gasteiger partial charge in [0, 0.05) is 26.2 Å². The van der Waals surface area contributed by atoms with Crippen molar-refractivity contribution in [1.29, 1.82) is 0 Å². The minimum Gasteiger partial charge on any atom is -0.432 e. The Morgan fingerprint density at radius 1 is 0.432 bits per heavy atom. The van der Waals surface area contributed by atoms with Gasteiger partial charge in [-0.15, -0.1) is 0 Å². The third-order valence-corrected chi connectivity index (χ3v) is 16.0. The Morgan fingerprint density at radius 2 is 0.622 bits per heavy atom. The van der Waals surface area contributed by atoms with E-state index in [4.69, 9.17) is 10.2 Å². The van der Waals surface area contributed by atoms with E-state index in [0.29, 0.717) is 0 Å². The Labute approximate surface area is 254 Å². The molecule has 0 heterocycles. The van der Waals surface area contributed by atoms with Crippen LogP contribution >= 0.6 is 0 Å². The van der Waals surface area contributed by atoms with Gasteiger partial charge in [0.25, 0.3) is 0 Å². The molecular formula is C30H68O4Si2Zr. The zero-order chi connectivity index (χ0) is 27.7. The summed E-state index contributed by atoms with van der Waals surface area (Å²) in [6.07, 6.45) is 18.8. The Hall–Kier alpha value is 1.16. The average molecular weight is 640 g/mol. The van der Waals surface area contributed by atoms with Crippen LogP contribution in [0.15, 0.2) is 0 Å². The van der Waals surface area contributed by atoms with Crippen molar-refractivity contribution in [3.63, 3.8) is 0 Å². The van der Waals surface area contributed by atoms with Crippen LogP contribution < -0.4 is 0 Å². The fourth-order valence-electron chi connectivity index (χ4n) is 5.70. The molecule has 0 aromatic heterocycles. The Bertz CT molecular complexity index is 371. The van der Waals surface area contributed by atoms with E-state index >= 15 is 0 Å². The van der Waals surface area contributed by atoms with Gasteiger partial charge in [-0.1, -0.05) is 119 Å². The van der Waals surface area contributed by atoms with Crippen LogP contribution in [-0.4, -0.2) is 48.6 Å². The van der Waals surface area contributed by atoms with Crippen molar-refractivity contribution in [3.8, 4) is 0 Å². The van der Waals surface area contributed by atoms with E-state index in [1.807, 2.05) is 0 Å². The summed E-state index contributed by atoms with van der Waals surface area (Å²) in [7, 11) is -3.50. The quantitative estimate of drug-likeness (QED) is 0.161. The second kappa shape index (κ2) is 28.7. The van der Waals surface area contributed by atoms with Crippen molar-refractivity contribution in [1.82, 2.24) is 0 Å². The maximum absolute atomic E-state index is 10.2. The van der Waals surface area contributed by atoms with Gasteiger partial charge in [0.15, 0.2) is 16.6 Å². The fraction of sp³-hybridized carbons (Fsp3) is 1.00. The van der Waals surface area contributed by atoms with Crippen molar-refractivity contribution in [2.24, 2.45) is 0 Å². The van der Waals surface area contributed by atoms with E-state index < -0.39 is 16.6 Å². The third kappa shape index (κ3) is 27.1. The largest absolute Gasteiger partial charge is 0.432 e. The van der Waals surface area contributed by atoms with E-state index in [9.17, 15) is 9.59 Å². The normalized spacial score (nSPS) is 16.7. The zero-order valence-electron chi connectivity index (χ0n) is 26.0. The molecule has 2 aliphatic rings. The molecule has 0 amide bonds. The molecule has 7 heteroatoms. The van der Waals surface area contributed by atoms with Crippen molar-refractivity contribution in [3.05, 3.63) is 0 Å². The van der Waals surface area contributed by atoms with Gasteiger partial charge in [0.2, 0.25) is 0 Å². The van der Waals surface area contributed by atoms with E-state index in [1.165, 1.54) is 38.5 Å². The molecule has 0 aromatic carbocycles. The van der Waals surface area contributed by atoms with E-state index in [0.717, 1.165) is 100 Å². The molecule has 0 spiro atoms. The second-order valence-corrected chi connectivity index (χ2v) is 19.4. The molecule has 0 saturated heterocycles. The summed E-state index contributed by atoms with van der Waals surface area (Å²) in [6, 6.07) is 6.64. The van der Waals surface area contributed by atoms with Gasteiger partial charge in [-0.2, -0.15) is 0 Å². The maximum atomic E-state index is 10.2. The second-order valence-electron chi connectivity index (χ2n) is 11.5. The SMILES string of the molecule is CCC[Si](O)(CCC)CCC.CCC[Si](O)(CCC)CCC.OC1CCCCC1.OC1CCCCC1.[Zr]. The molecule has 4 N–H and O–H groups in total. The summed E-state index contributed by atoms with van der Waals surface area (Å²) in [5.41, 5.74) is 0. The van der Waals surface area contributed by atoms with Gasteiger partial charge in [0.05, 0.1) is 12.2 Å². The first kappa shape index (κ1) is 42.6. The summed E-state index contributed by atoms with van der Waals surface area (Å²) in [5, 5.41) is 17.8. The summed E-state index contributed by atoms with van der Waals surface area (Å²) < 4.78 is 0. The van der Waals surface area contributed by atoms with Crippen LogP contribution in [0.2, 0.25) is 36.3 Å². The smallest absolute Gasteiger partial charge is 0.188 e. The monoisotopic (exact) mass is 638 g/mol. The van der Waals surface area contributed by atoms with Crippen LogP contribution in [0.1, 0.15) is 144 Å². The summed E-state index contributed by atoms with van der Waals surface area (Å²) in [5.74, 6) is 0. The summed E-state index contributed by atoms with van der Waals surface area (Å²) in [4.78, 5) is 20.3. The number of rotatable bonds is 12. The van der Waals surface area contributed by atoms with Crippen LogP contribution in [0.5, 0.6) is 0 Å². The molecule has 2 aliphatic carbocycles. The Balaban J connectivity index is -0.000000420. The molecule has 2 saturated carbocycles. The van der Waals surface area contributed by atoms with E-state index in [-0.39, 0.29) is 38.4 Å². The predicted octanol–water partition coefficient (Wildman–Crippen LogP) is 8.93. The maximum Gasteiger partial charge on any atom is 0.188 e. The molecule has 37 heavy (non-hydrogen) atoms. The summed E-state index contributed by atoms with van der Waals surface area (Å²) >= 11 is 0. The first-order valence-corrected chi connectivity index (χ1v) is 21.1. The fourth-order valence-corrected chi connectivity index (χ4v) is 12.8. The molecule has 0 aromatic rings. The van der Waals surface area contributed by atoms with Gasteiger partial charge in [-0.3, -0.25) is 0 Å². The molecule has 2 fully saturated rings. The molecule has 4 nitrogen and oxygen atoms in total. The standard InChI is InChI=1S/2C9H22OSi.2C6H12O.Zr/c2*1-4-7-11(10,8-5-2)9-6-3;2*7-6-4-2-1-3-5-6;/h2*10H,4-9H2,1-3H3;2*6-7H,1-5H2;. The van der Waals surface area contributed by atoms with Crippen LogP contribution in [-0.2, 0) is 26.2 Å². The number of hydrogen-bond donors (Lipinski definition) is 4. The van der Waals surface area contributed by atoms with Gasteiger partial charge in [-0.05, 0) is 61.9 Å². The van der Waals surface area contributed by atoms with Gasteiger partial charge < -0.3 is 19.8 Å². The Kier molecular flexibility index (Phi) is 33.0. The molecule has 224 valence electrons. The molecule has 2 rings (SSSR count). The van der Waals surface area contributed by atoms with E-state index in [1.54, 1.807) is 0 Å². The van der Waals surface area contributed by atoms with Crippen LogP contribution in [0.25, 0.3) is 0 Å². The van der Waals surface area contributed by atoms with Crippen LogP contribution in [0.3, 0.4) is 0 Å². The van der Waals surface area contributed by atoms with Gasteiger partial charge in [0.1, 0.15) is 0 Å². The summed E-state index contributed by atoms with van der Waals surface area (Å²) in [6.45, 7) is 13.0. The number of hydrogen-bond acceptors (Lipinski definition) is 4. The van der Waals surface area contributed by atoms with Gasteiger partial charge in [-0.25, -0.2) is 0 Å². The first-order valence-electron chi connectivity index (χ1n) is 16.0. The van der Waals surface area contributed by atoms with Crippen molar-refractivity contribution >= 4 is 16.6 Å². The van der Waals surface area contributed by atoms with Crippen LogP contribution in [0.4, 0.5) is 0 Å². The zero-order valence-corrected chi connectivity index (χ0v) is 30.5. The van der Waals surface area contributed by atoms with Crippen LogP contribution in [0, 0.1) is 0 Å². The molecule has 0 atom stereocenters. The number of aliphatic hydroxyl groups excluding tert-OH is 2. The molecule has 0 aliphatic heterocycles. The van der Waals surface area contributed by atoms with Crippen molar-refractivity contribution in [2.45, 2.75) is 193 Å². The number of aliphatic hydroxyl groups is 2. The predicted molar refractivity (Wildman–Crippen MR) is 165 cm³/mol. The topological polar surface area (TPSA) is 80.9 Å². The average Bonchev–Trinajstić information content (AvgIpc) is 2.82. The Morgan fingerprint density at radius 3 is 0.730 bits per heavy atom. The molecular weight excluding hydrogens is 572 g/mol. The van der Waals surface area contributed by atoms with E-state index in [2.05, 4.69) is 41.5 Å². The van der Waals surface area contributed by atoms with Crippen molar-refractivity contribution < 1.29 is 46.0 Å². The van der Waals surface area contributed by atoms with Gasteiger partial charge >= 0.3 is 0 Å². The third-order valence-electron chi connectivity index (χ3n) is 7.44. The molecule has 0 bridgehead atoms. The minimum atomic E-state index is -1.75. The first-order chi connectivity index (χ1) is 17.2. The van der Waals surface area contributed by atoms with Crippen molar-refractivity contribution in [2.75, 3.05) is 0 Å². The molecule has 0 radical (unpaired) electrons. The minimum absolute atomic E-state index is 0. The molecule has 0 unspecified atom stereocenters.